The van der Waals surface area contributed by atoms with E-state index in [1.54, 1.807) is 11.0 Å². The molecule has 0 bridgehead atoms. The van der Waals surface area contributed by atoms with E-state index in [1.165, 1.54) is 6.33 Å². The quantitative estimate of drug-likeness (QED) is 0.894. The second kappa shape index (κ2) is 6.49. The molecule has 2 heterocycles. The molecule has 0 aliphatic carbocycles. The Balaban J connectivity index is 1.63. The van der Waals surface area contributed by atoms with E-state index < -0.39 is 0 Å². The van der Waals surface area contributed by atoms with Crippen LogP contribution in [0.2, 0.25) is 0 Å². The Labute approximate surface area is 123 Å². The molecule has 1 aliphatic rings. The normalized spacial score (nSPS) is 17.8. The summed E-state index contributed by atoms with van der Waals surface area (Å²) in [5.74, 6) is -0.0249. The molecule has 1 fully saturated rings. The van der Waals surface area contributed by atoms with Crippen LogP contribution < -0.4 is 5.32 Å². The molecular formula is C15H18N4O2. The van der Waals surface area contributed by atoms with Crippen molar-refractivity contribution >= 4 is 5.91 Å². The van der Waals surface area contributed by atoms with Gasteiger partial charge in [0.1, 0.15) is 18.8 Å². The number of aromatic nitrogens is 3. The van der Waals surface area contributed by atoms with Crippen LogP contribution in [0.1, 0.15) is 24.0 Å². The van der Waals surface area contributed by atoms with Gasteiger partial charge in [0, 0.05) is 13.2 Å². The van der Waals surface area contributed by atoms with Gasteiger partial charge >= 0.3 is 0 Å². The summed E-state index contributed by atoms with van der Waals surface area (Å²) >= 11 is 0. The lowest BCUT2D eigenvalue weighted by molar-refractivity contribution is -0.130. The molecule has 0 spiro atoms. The van der Waals surface area contributed by atoms with E-state index in [0.29, 0.717) is 19.7 Å². The number of benzene rings is 1. The topological polar surface area (TPSA) is 69.0 Å². The molecule has 1 atom stereocenters. The van der Waals surface area contributed by atoms with Crippen molar-refractivity contribution in [2.24, 2.45) is 0 Å². The van der Waals surface area contributed by atoms with Gasteiger partial charge in [-0.05, 0) is 24.0 Å². The lowest BCUT2D eigenvalue weighted by Gasteiger charge is -2.13. The summed E-state index contributed by atoms with van der Waals surface area (Å²) < 4.78 is 7.15. The number of ether oxygens (including phenoxy) is 1. The summed E-state index contributed by atoms with van der Waals surface area (Å²) in [6.07, 6.45) is 4.68. The summed E-state index contributed by atoms with van der Waals surface area (Å²) in [5.41, 5.74) is 2.20. The van der Waals surface area contributed by atoms with Crippen LogP contribution in [0.25, 0.3) is 0 Å². The monoisotopic (exact) mass is 286 g/mol. The van der Waals surface area contributed by atoms with Gasteiger partial charge in [-0.1, -0.05) is 24.3 Å². The highest BCUT2D eigenvalue weighted by Gasteiger charge is 2.23. The van der Waals surface area contributed by atoms with Crippen molar-refractivity contribution in [3.8, 4) is 0 Å². The van der Waals surface area contributed by atoms with Gasteiger partial charge in [-0.3, -0.25) is 4.79 Å². The highest BCUT2D eigenvalue weighted by Crippen LogP contribution is 2.13. The average Bonchev–Trinajstić information content (AvgIpc) is 3.19. The van der Waals surface area contributed by atoms with E-state index >= 15 is 0 Å². The number of rotatable bonds is 5. The Hall–Kier alpha value is -2.21. The fourth-order valence-corrected chi connectivity index (χ4v) is 2.45. The molecule has 1 saturated heterocycles. The standard InChI is InChI=1S/C15H18N4O2/c20-15(14-6-3-7-21-14)17-8-12-4-1-2-5-13(12)9-19-11-16-10-18-19/h1-2,4-5,10-11,14H,3,6-9H2,(H,17,20)/t14-/m0/s1. The van der Waals surface area contributed by atoms with Crippen molar-refractivity contribution in [2.45, 2.75) is 32.0 Å². The zero-order valence-corrected chi connectivity index (χ0v) is 11.7. The number of hydrogen-bond donors (Lipinski definition) is 1. The van der Waals surface area contributed by atoms with Crippen LogP contribution in [0.4, 0.5) is 0 Å². The van der Waals surface area contributed by atoms with Gasteiger partial charge in [-0.15, -0.1) is 0 Å². The van der Waals surface area contributed by atoms with Gasteiger partial charge in [0.15, 0.2) is 0 Å². The molecule has 110 valence electrons. The molecule has 1 amide bonds. The van der Waals surface area contributed by atoms with E-state index in [-0.39, 0.29) is 12.0 Å². The van der Waals surface area contributed by atoms with Crippen molar-refractivity contribution < 1.29 is 9.53 Å². The van der Waals surface area contributed by atoms with Crippen LogP contribution in [0.3, 0.4) is 0 Å². The maximum absolute atomic E-state index is 12.0. The van der Waals surface area contributed by atoms with Crippen LogP contribution >= 0.6 is 0 Å². The molecule has 0 radical (unpaired) electrons. The number of nitrogens with one attached hydrogen (secondary N) is 1. The Morgan fingerprint density at radius 2 is 2.24 bits per heavy atom. The van der Waals surface area contributed by atoms with Crippen LogP contribution in [-0.4, -0.2) is 33.4 Å². The summed E-state index contributed by atoms with van der Waals surface area (Å²) in [4.78, 5) is 15.9. The van der Waals surface area contributed by atoms with E-state index in [9.17, 15) is 4.79 Å². The lowest BCUT2D eigenvalue weighted by atomic mass is 10.1. The highest BCUT2D eigenvalue weighted by molar-refractivity contribution is 5.80. The Morgan fingerprint density at radius 1 is 1.38 bits per heavy atom. The third kappa shape index (κ3) is 3.46. The fraction of sp³-hybridized carbons (Fsp3) is 0.400. The number of carbonyl (C=O) groups excluding carboxylic acids is 1. The Bertz CT molecular complexity index is 591. The van der Waals surface area contributed by atoms with Gasteiger partial charge in [0.2, 0.25) is 5.91 Å². The molecule has 0 saturated carbocycles. The third-order valence-electron chi connectivity index (χ3n) is 3.59. The largest absolute Gasteiger partial charge is 0.368 e. The van der Waals surface area contributed by atoms with Gasteiger partial charge in [0.05, 0.1) is 6.54 Å². The molecule has 1 aromatic carbocycles. The van der Waals surface area contributed by atoms with Crippen molar-refractivity contribution in [1.82, 2.24) is 20.1 Å². The molecule has 1 aromatic heterocycles. The molecule has 1 aliphatic heterocycles. The zero-order valence-electron chi connectivity index (χ0n) is 11.7. The number of carbonyl (C=O) groups is 1. The minimum absolute atomic E-state index is 0.0249. The summed E-state index contributed by atoms with van der Waals surface area (Å²) in [6, 6.07) is 8.01. The van der Waals surface area contributed by atoms with Crippen molar-refractivity contribution in [1.29, 1.82) is 0 Å². The summed E-state index contributed by atoms with van der Waals surface area (Å²) in [6.45, 7) is 1.83. The first-order valence-corrected chi connectivity index (χ1v) is 7.11. The molecule has 6 nitrogen and oxygen atoms in total. The number of nitrogens with zero attached hydrogens (tertiary/aromatic N) is 3. The average molecular weight is 286 g/mol. The molecule has 6 heteroatoms. The number of amides is 1. The molecule has 2 aromatic rings. The van der Waals surface area contributed by atoms with Gasteiger partial charge in [-0.25, -0.2) is 9.67 Å². The number of hydrogen-bond acceptors (Lipinski definition) is 4. The lowest BCUT2D eigenvalue weighted by Crippen LogP contribution is -2.33. The minimum atomic E-state index is -0.285. The van der Waals surface area contributed by atoms with E-state index in [4.69, 9.17) is 4.74 Å². The van der Waals surface area contributed by atoms with E-state index in [0.717, 1.165) is 24.0 Å². The van der Waals surface area contributed by atoms with Crippen molar-refractivity contribution in [3.63, 3.8) is 0 Å². The second-order valence-electron chi connectivity index (χ2n) is 5.08. The van der Waals surface area contributed by atoms with Crippen LogP contribution in [0.15, 0.2) is 36.9 Å². The maximum Gasteiger partial charge on any atom is 0.249 e. The van der Waals surface area contributed by atoms with Crippen molar-refractivity contribution in [2.75, 3.05) is 6.61 Å². The first kappa shape index (κ1) is 13.8. The second-order valence-corrected chi connectivity index (χ2v) is 5.08. The molecule has 0 unspecified atom stereocenters. The van der Waals surface area contributed by atoms with Crippen LogP contribution in [0, 0.1) is 0 Å². The molecule has 21 heavy (non-hydrogen) atoms. The first-order chi connectivity index (χ1) is 10.3. The Kier molecular flexibility index (Phi) is 4.25. The van der Waals surface area contributed by atoms with E-state index in [2.05, 4.69) is 15.4 Å². The predicted molar refractivity (Wildman–Crippen MR) is 76.4 cm³/mol. The van der Waals surface area contributed by atoms with Crippen molar-refractivity contribution in [3.05, 3.63) is 48.0 Å². The molecular weight excluding hydrogens is 268 g/mol. The highest BCUT2D eigenvalue weighted by atomic mass is 16.5. The van der Waals surface area contributed by atoms with Gasteiger partial charge < -0.3 is 10.1 Å². The minimum Gasteiger partial charge on any atom is -0.368 e. The molecule has 3 rings (SSSR count). The molecule has 1 N–H and O–H groups in total. The van der Waals surface area contributed by atoms with Crippen LogP contribution in [0.5, 0.6) is 0 Å². The fourth-order valence-electron chi connectivity index (χ4n) is 2.45. The van der Waals surface area contributed by atoms with Gasteiger partial charge in [0.25, 0.3) is 0 Å². The smallest absolute Gasteiger partial charge is 0.249 e. The van der Waals surface area contributed by atoms with E-state index in [1.807, 2.05) is 24.3 Å². The SMILES string of the molecule is O=C(NCc1ccccc1Cn1cncn1)[C@@H]1CCCO1. The van der Waals surface area contributed by atoms with Crippen LogP contribution in [-0.2, 0) is 22.6 Å². The zero-order chi connectivity index (χ0) is 14.5. The third-order valence-corrected chi connectivity index (χ3v) is 3.59. The predicted octanol–water partition coefficient (Wildman–Crippen LogP) is 1.12. The van der Waals surface area contributed by atoms with Gasteiger partial charge in [-0.2, -0.15) is 5.10 Å². The summed E-state index contributed by atoms with van der Waals surface area (Å²) in [7, 11) is 0. The first-order valence-electron chi connectivity index (χ1n) is 7.11. The Morgan fingerprint density at radius 3 is 2.95 bits per heavy atom. The summed E-state index contributed by atoms with van der Waals surface area (Å²) in [5, 5.41) is 7.06. The maximum atomic E-state index is 12.0.